The first-order chi connectivity index (χ1) is 16.4. The predicted molar refractivity (Wildman–Crippen MR) is 132 cm³/mol. The highest BCUT2D eigenvalue weighted by molar-refractivity contribution is 7.89. The highest BCUT2D eigenvalue weighted by Gasteiger charge is 2.50. The minimum Gasteiger partial charge on any atom is -0.394 e. The van der Waals surface area contributed by atoms with Gasteiger partial charge in [-0.15, -0.1) is 0 Å². The highest BCUT2D eigenvalue weighted by Crippen LogP contribution is 2.51. The van der Waals surface area contributed by atoms with Gasteiger partial charge in [0.05, 0.1) is 35.2 Å². The Hall–Kier alpha value is -3.18. The van der Waals surface area contributed by atoms with Crippen LogP contribution in [0, 0.1) is 24.2 Å². The summed E-state index contributed by atoms with van der Waals surface area (Å²) in [7, 11) is -1.77. The molecule has 1 N–H and O–H groups in total. The number of hydrogen-bond donors (Lipinski definition) is 1. The van der Waals surface area contributed by atoms with Crippen LogP contribution in [0.2, 0.25) is 0 Å². The number of aryl methyl sites for hydroxylation is 1. The SMILES string of the molecule is Cc1ccccc1S(=O)(=O)N1CC[C@@H]2[C@H](CO)N(C)c3ccc(-c4cccc(C#N)c4)cc3[C@@H]21. The van der Waals surface area contributed by atoms with Crippen LogP contribution in [0.5, 0.6) is 0 Å². The fourth-order valence-corrected chi connectivity index (χ4v) is 7.49. The zero-order valence-corrected chi connectivity index (χ0v) is 20.0. The van der Waals surface area contributed by atoms with Crippen LogP contribution < -0.4 is 4.90 Å². The molecule has 7 heteroatoms. The van der Waals surface area contributed by atoms with Gasteiger partial charge in [-0.05, 0) is 65.9 Å². The number of nitrogens with zero attached hydrogens (tertiary/aromatic N) is 3. The smallest absolute Gasteiger partial charge is 0.243 e. The molecule has 2 aliphatic rings. The largest absolute Gasteiger partial charge is 0.394 e. The first-order valence-electron chi connectivity index (χ1n) is 11.4. The molecule has 34 heavy (non-hydrogen) atoms. The molecule has 174 valence electrons. The lowest BCUT2D eigenvalue weighted by Gasteiger charge is -2.44. The van der Waals surface area contributed by atoms with Gasteiger partial charge in [-0.2, -0.15) is 9.57 Å². The second-order valence-corrected chi connectivity index (χ2v) is 11.0. The molecule has 5 rings (SSSR count). The Kier molecular flexibility index (Phi) is 5.68. The van der Waals surface area contributed by atoms with Crippen molar-refractivity contribution < 1.29 is 13.5 Å². The van der Waals surface area contributed by atoms with Gasteiger partial charge in [0.1, 0.15) is 0 Å². The summed E-state index contributed by atoms with van der Waals surface area (Å²) in [6.45, 7) is 2.19. The number of aliphatic hydroxyl groups is 1. The summed E-state index contributed by atoms with van der Waals surface area (Å²) < 4.78 is 29.3. The minimum atomic E-state index is -3.73. The van der Waals surface area contributed by atoms with Gasteiger partial charge in [0.25, 0.3) is 0 Å². The summed E-state index contributed by atoms with van der Waals surface area (Å²) in [5, 5.41) is 19.6. The van der Waals surface area contributed by atoms with E-state index >= 15 is 0 Å². The standard InChI is InChI=1S/C27H27N3O3S/c1-18-6-3-4-9-26(18)34(32,33)30-13-12-22-25(17-31)29(2)24-11-10-21(15-23(24)27(22)30)20-8-5-7-19(14-20)16-28/h3-11,14-15,22,25,27,31H,12-13,17H2,1-2H3/t22-,25+,27-/m1/s1. The van der Waals surface area contributed by atoms with E-state index in [0.29, 0.717) is 23.4 Å². The number of benzene rings is 3. The molecule has 2 heterocycles. The molecule has 2 aliphatic heterocycles. The number of fused-ring (bicyclic) bond motifs is 3. The summed E-state index contributed by atoms with van der Waals surface area (Å²) in [5.74, 6) is -0.0259. The summed E-state index contributed by atoms with van der Waals surface area (Å²) in [4.78, 5) is 2.41. The second-order valence-electron chi connectivity index (χ2n) is 9.11. The lowest BCUT2D eigenvalue weighted by Crippen LogP contribution is -2.48. The number of anilines is 1. The van der Waals surface area contributed by atoms with Gasteiger partial charge < -0.3 is 10.0 Å². The third-order valence-corrected chi connectivity index (χ3v) is 9.35. The van der Waals surface area contributed by atoms with Gasteiger partial charge >= 0.3 is 0 Å². The van der Waals surface area contributed by atoms with E-state index in [4.69, 9.17) is 0 Å². The van der Waals surface area contributed by atoms with Crippen LogP contribution in [0.4, 0.5) is 5.69 Å². The van der Waals surface area contributed by atoms with Gasteiger partial charge in [0.2, 0.25) is 10.0 Å². The van der Waals surface area contributed by atoms with Gasteiger partial charge in [-0.3, -0.25) is 0 Å². The van der Waals surface area contributed by atoms with Gasteiger partial charge in [-0.1, -0.05) is 36.4 Å². The summed E-state index contributed by atoms with van der Waals surface area (Å²) in [6, 6.07) is 22.2. The van der Waals surface area contributed by atoms with E-state index in [9.17, 15) is 18.8 Å². The van der Waals surface area contributed by atoms with Crippen molar-refractivity contribution >= 4 is 15.7 Å². The first kappa shape index (κ1) is 22.6. The number of aliphatic hydroxyl groups excluding tert-OH is 1. The third-order valence-electron chi connectivity index (χ3n) is 7.31. The van der Waals surface area contributed by atoms with E-state index < -0.39 is 10.0 Å². The van der Waals surface area contributed by atoms with Crippen LogP contribution >= 0.6 is 0 Å². The lowest BCUT2D eigenvalue weighted by molar-refractivity contribution is 0.193. The van der Waals surface area contributed by atoms with Crippen molar-refractivity contribution in [2.45, 2.75) is 30.3 Å². The van der Waals surface area contributed by atoms with E-state index in [0.717, 1.165) is 27.9 Å². The molecule has 0 aliphatic carbocycles. The number of hydrogen-bond acceptors (Lipinski definition) is 5. The topological polar surface area (TPSA) is 84.6 Å². The van der Waals surface area contributed by atoms with Crippen LogP contribution in [0.25, 0.3) is 11.1 Å². The molecule has 3 aromatic rings. The van der Waals surface area contributed by atoms with Crippen molar-refractivity contribution in [3.63, 3.8) is 0 Å². The number of rotatable bonds is 4. The van der Waals surface area contributed by atoms with Crippen LogP contribution in [0.15, 0.2) is 71.6 Å². The van der Waals surface area contributed by atoms with Crippen LogP contribution in [0.1, 0.15) is 29.2 Å². The highest BCUT2D eigenvalue weighted by atomic mass is 32.2. The van der Waals surface area contributed by atoms with Crippen LogP contribution in [-0.4, -0.2) is 44.1 Å². The normalized spacial score (nSPS) is 22.2. The van der Waals surface area contributed by atoms with Crippen molar-refractivity contribution in [1.82, 2.24) is 4.31 Å². The van der Waals surface area contributed by atoms with E-state index in [2.05, 4.69) is 17.0 Å². The van der Waals surface area contributed by atoms with E-state index in [1.807, 2.05) is 56.4 Å². The maximum Gasteiger partial charge on any atom is 0.243 e. The fourth-order valence-electron chi connectivity index (χ4n) is 5.60. The number of likely N-dealkylation sites (N-methyl/N-ethyl adjacent to an activating group) is 1. The second kappa shape index (κ2) is 8.55. The van der Waals surface area contributed by atoms with Crippen molar-refractivity contribution in [3.8, 4) is 17.2 Å². The molecule has 0 radical (unpaired) electrons. The number of sulfonamides is 1. The summed E-state index contributed by atoms with van der Waals surface area (Å²) in [6.07, 6.45) is 0.679. The molecule has 1 saturated heterocycles. The first-order valence-corrected chi connectivity index (χ1v) is 12.9. The number of nitriles is 1. The molecule has 0 unspecified atom stereocenters. The lowest BCUT2D eigenvalue weighted by atomic mass is 9.81. The Morgan fingerprint density at radius 3 is 2.56 bits per heavy atom. The minimum absolute atomic E-state index is 0.0259. The molecule has 0 amide bonds. The van der Waals surface area contributed by atoms with Crippen molar-refractivity contribution in [2.75, 3.05) is 25.1 Å². The summed E-state index contributed by atoms with van der Waals surface area (Å²) >= 11 is 0. The predicted octanol–water partition coefficient (Wildman–Crippen LogP) is 4.10. The molecule has 0 saturated carbocycles. The Labute approximate surface area is 200 Å². The average molecular weight is 474 g/mol. The molecular weight excluding hydrogens is 446 g/mol. The molecule has 0 bridgehead atoms. The molecule has 3 atom stereocenters. The van der Waals surface area contributed by atoms with Gasteiger partial charge in [-0.25, -0.2) is 8.42 Å². The fraction of sp³-hybridized carbons (Fsp3) is 0.296. The Bertz CT molecular complexity index is 1400. The van der Waals surface area contributed by atoms with Gasteiger partial charge in [0.15, 0.2) is 0 Å². The zero-order chi connectivity index (χ0) is 24.0. The maximum absolute atomic E-state index is 13.8. The van der Waals surface area contributed by atoms with E-state index in [-0.39, 0.29) is 24.6 Å². The average Bonchev–Trinajstić information content (AvgIpc) is 3.30. The zero-order valence-electron chi connectivity index (χ0n) is 19.2. The third kappa shape index (κ3) is 3.50. The Morgan fingerprint density at radius 2 is 1.82 bits per heavy atom. The Morgan fingerprint density at radius 1 is 1.06 bits per heavy atom. The van der Waals surface area contributed by atoms with Crippen molar-refractivity contribution in [1.29, 1.82) is 5.26 Å². The van der Waals surface area contributed by atoms with Gasteiger partial charge in [0, 0.05) is 25.2 Å². The maximum atomic E-state index is 13.8. The van der Waals surface area contributed by atoms with Crippen LogP contribution in [0.3, 0.4) is 0 Å². The molecule has 6 nitrogen and oxygen atoms in total. The van der Waals surface area contributed by atoms with Crippen molar-refractivity contribution in [3.05, 3.63) is 83.4 Å². The van der Waals surface area contributed by atoms with E-state index in [1.54, 1.807) is 22.5 Å². The van der Waals surface area contributed by atoms with Crippen LogP contribution in [-0.2, 0) is 10.0 Å². The summed E-state index contributed by atoms with van der Waals surface area (Å²) in [5.41, 5.74) is 5.01. The molecule has 0 spiro atoms. The Balaban J connectivity index is 1.66. The molecule has 1 fully saturated rings. The molecule has 0 aromatic heterocycles. The quantitative estimate of drug-likeness (QED) is 0.617. The monoisotopic (exact) mass is 473 g/mol. The van der Waals surface area contributed by atoms with E-state index in [1.165, 1.54) is 0 Å². The van der Waals surface area contributed by atoms with Crippen molar-refractivity contribution in [2.24, 2.45) is 5.92 Å². The molecule has 3 aromatic carbocycles. The molecular formula is C27H27N3O3S.